The first-order chi connectivity index (χ1) is 6.56. The Hall–Kier alpha value is -1.06. The highest BCUT2D eigenvalue weighted by Crippen LogP contribution is 2.21. The number of aromatic carboxylic acids is 1. The largest absolute Gasteiger partial charge is 0.478 e. The second kappa shape index (κ2) is 4.44. The Morgan fingerprint density at radius 1 is 1.57 bits per heavy atom. The van der Waals surface area contributed by atoms with Crippen molar-refractivity contribution in [3.05, 3.63) is 34.3 Å². The molecule has 0 aromatic heterocycles. The lowest BCUT2D eigenvalue weighted by Gasteiger charge is -2.11. The molecule has 1 atom stereocenters. The third kappa shape index (κ3) is 2.25. The number of rotatable bonds is 3. The van der Waals surface area contributed by atoms with E-state index >= 15 is 0 Å². The van der Waals surface area contributed by atoms with Crippen LogP contribution in [0.4, 0.5) is 0 Å². The summed E-state index contributed by atoms with van der Waals surface area (Å²) in [5.74, 6) is -1.00. The van der Waals surface area contributed by atoms with Gasteiger partial charge in [0.05, 0.1) is 10.6 Å². The quantitative estimate of drug-likeness (QED) is 0.810. The van der Waals surface area contributed by atoms with Crippen LogP contribution in [0, 0.1) is 0 Å². The molecular formula is C10H12ClNO2. The number of benzene rings is 1. The second-order valence-corrected chi connectivity index (χ2v) is 3.46. The summed E-state index contributed by atoms with van der Waals surface area (Å²) in [6, 6.07) is 5.12. The van der Waals surface area contributed by atoms with Crippen LogP contribution in [0.25, 0.3) is 0 Å². The summed E-state index contributed by atoms with van der Waals surface area (Å²) in [7, 11) is 1.84. The van der Waals surface area contributed by atoms with Gasteiger partial charge in [-0.05, 0) is 31.7 Å². The van der Waals surface area contributed by atoms with Gasteiger partial charge in [-0.25, -0.2) is 4.79 Å². The fourth-order valence-electron chi connectivity index (χ4n) is 1.14. The summed E-state index contributed by atoms with van der Waals surface area (Å²) >= 11 is 5.82. The average Bonchev–Trinajstić information content (AvgIpc) is 2.15. The van der Waals surface area contributed by atoms with E-state index in [1.165, 1.54) is 6.07 Å². The Labute approximate surface area is 87.7 Å². The van der Waals surface area contributed by atoms with E-state index in [2.05, 4.69) is 5.32 Å². The third-order valence-corrected chi connectivity index (χ3v) is 2.47. The van der Waals surface area contributed by atoms with Crippen molar-refractivity contribution < 1.29 is 9.90 Å². The third-order valence-electron chi connectivity index (χ3n) is 2.16. The molecule has 0 saturated heterocycles. The Morgan fingerprint density at radius 3 is 2.64 bits per heavy atom. The van der Waals surface area contributed by atoms with Crippen LogP contribution >= 0.6 is 11.6 Å². The van der Waals surface area contributed by atoms with Crippen LogP contribution in [0.3, 0.4) is 0 Å². The zero-order valence-corrected chi connectivity index (χ0v) is 8.80. The summed E-state index contributed by atoms with van der Waals surface area (Å²) in [6.45, 7) is 1.98. The molecule has 14 heavy (non-hydrogen) atoms. The molecule has 0 saturated carbocycles. The monoisotopic (exact) mass is 213 g/mol. The second-order valence-electron chi connectivity index (χ2n) is 3.05. The van der Waals surface area contributed by atoms with Crippen molar-refractivity contribution in [1.82, 2.24) is 5.32 Å². The molecule has 0 fully saturated rings. The van der Waals surface area contributed by atoms with Crippen molar-refractivity contribution in [2.24, 2.45) is 0 Å². The van der Waals surface area contributed by atoms with Gasteiger partial charge in [-0.15, -0.1) is 0 Å². The number of carboxylic acid groups (broad SMARTS) is 1. The molecule has 1 aromatic carbocycles. The van der Waals surface area contributed by atoms with E-state index in [1.54, 1.807) is 12.1 Å². The average molecular weight is 214 g/mol. The normalized spacial score (nSPS) is 12.5. The molecule has 1 unspecified atom stereocenters. The van der Waals surface area contributed by atoms with Crippen molar-refractivity contribution in [3.63, 3.8) is 0 Å². The topological polar surface area (TPSA) is 49.3 Å². The number of carbonyl (C=O) groups is 1. The summed E-state index contributed by atoms with van der Waals surface area (Å²) in [6.07, 6.45) is 0. The van der Waals surface area contributed by atoms with Gasteiger partial charge in [0.15, 0.2) is 0 Å². The van der Waals surface area contributed by atoms with Crippen molar-refractivity contribution in [3.8, 4) is 0 Å². The maximum absolute atomic E-state index is 10.7. The molecule has 4 heteroatoms. The number of nitrogens with one attached hydrogen (secondary N) is 1. The SMILES string of the molecule is CNC(C)c1ccc(C(=O)O)c(Cl)c1. The van der Waals surface area contributed by atoms with Crippen LogP contribution < -0.4 is 5.32 Å². The highest BCUT2D eigenvalue weighted by atomic mass is 35.5. The minimum absolute atomic E-state index is 0.138. The number of hydrogen-bond donors (Lipinski definition) is 2. The number of carboxylic acids is 1. The molecular weight excluding hydrogens is 202 g/mol. The zero-order chi connectivity index (χ0) is 10.7. The van der Waals surface area contributed by atoms with Gasteiger partial charge in [-0.3, -0.25) is 0 Å². The molecule has 76 valence electrons. The maximum atomic E-state index is 10.7. The molecule has 0 amide bonds. The molecule has 0 aliphatic heterocycles. The van der Waals surface area contributed by atoms with E-state index in [0.29, 0.717) is 0 Å². The molecule has 0 radical (unpaired) electrons. The van der Waals surface area contributed by atoms with Crippen LogP contribution in [-0.2, 0) is 0 Å². The van der Waals surface area contributed by atoms with E-state index in [-0.39, 0.29) is 16.6 Å². The summed E-state index contributed by atoms with van der Waals surface area (Å²) < 4.78 is 0. The molecule has 0 spiro atoms. The van der Waals surface area contributed by atoms with Gasteiger partial charge in [0, 0.05) is 6.04 Å². The minimum atomic E-state index is -1.00. The lowest BCUT2D eigenvalue weighted by Crippen LogP contribution is -2.12. The van der Waals surface area contributed by atoms with Crippen LogP contribution in [0.2, 0.25) is 5.02 Å². The number of halogens is 1. The van der Waals surface area contributed by atoms with Gasteiger partial charge in [0.1, 0.15) is 0 Å². The minimum Gasteiger partial charge on any atom is -0.478 e. The molecule has 0 aliphatic carbocycles. The first kappa shape index (κ1) is 11.0. The Bertz CT molecular complexity index is 352. The van der Waals surface area contributed by atoms with Crippen molar-refractivity contribution in [1.29, 1.82) is 0 Å². The smallest absolute Gasteiger partial charge is 0.337 e. The van der Waals surface area contributed by atoms with Crippen LogP contribution in [-0.4, -0.2) is 18.1 Å². The van der Waals surface area contributed by atoms with E-state index in [0.717, 1.165) is 5.56 Å². The van der Waals surface area contributed by atoms with Gasteiger partial charge < -0.3 is 10.4 Å². The molecule has 2 N–H and O–H groups in total. The Kier molecular flexibility index (Phi) is 3.49. The van der Waals surface area contributed by atoms with Crippen LogP contribution in [0.15, 0.2) is 18.2 Å². The lowest BCUT2D eigenvalue weighted by atomic mass is 10.1. The predicted molar refractivity (Wildman–Crippen MR) is 55.9 cm³/mol. The highest BCUT2D eigenvalue weighted by Gasteiger charge is 2.10. The standard InChI is InChI=1S/C10H12ClNO2/c1-6(12-2)7-3-4-8(10(13)14)9(11)5-7/h3-6,12H,1-2H3,(H,13,14). The van der Waals surface area contributed by atoms with Crippen LogP contribution in [0.1, 0.15) is 28.9 Å². The molecule has 0 aliphatic rings. The molecule has 3 nitrogen and oxygen atoms in total. The fourth-order valence-corrected chi connectivity index (χ4v) is 1.41. The number of hydrogen-bond acceptors (Lipinski definition) is 2. The predicted octanol–water partition coefficient (Wildman–Crippen LogP) is 2.32. The molecule has 1 rings (SSSR count). The molecule has 1 aromatic rings. The van der Waals surface area contributed by atoms with E-state index in [9.17, 15) is 4.79 Å². The van der Waals surface area contributed by atoms with E-state index in [1.807, 2.05) is 14.0 Å². The highest BCUT2D eigenvalue weighted by molar-refractivity contribution is 6.33. The Morgan fingerprint density at radius 2 is 2.21 bits per heavy atom. The van der Waals surface area contributed by atoms with Crippen molar-refractivity contribution in [2.45, 2.75) is 13.0 Å². The first-order valence-corrected chi connectivity index (χ1v) is 4.64. The first-order valence-electron chi connectivity index (χ1n) is 4.26. The van der Waals surface area contributed by atoms with Crippen LogP contribution in [0.5, 0.6) is 0 Å². The van der Waals surface area contributed by atoms with Gasteiger partial charge in [-0.1, -0.05) is 17.7 Å². The van der Waals surface area contributed by atoms with Gasteiger partial charge in [0.25, 0.3) is 0 Å². The van der Waals surface area contributed by atoms with Crippen molar-refractivity contribution >= 4 is 17.6 Å². The summed E-state index contributed by atoms with van der Waals surface area (Å²) in [5.41, 5.74) is 1.11. The van der Waals surface area contributed by atoms with Gasteiger partial charge in [0.2, 0.25) is 0 Å². The summed E-state index contributed by atoms with van der Waals surface area (Å²) in [5, 5.41) is 12.1. The molecule has 0 heterocycles. The maximum Gasteiger partial charge on any atom is 0.337 e. The van der Waals surface area contributed by atoms with Crippen molar-refractivity contribution in [2.75, 3.05) is 7.05 Å². The van der Waals surface area contributed by atoms with Gasteiger partial charge in [-0.2, -0.15) is 0 Å². The zero-order valence-electron chi connectivity index (χ0n) is 8.04. The fraction of sp³-hybridized carbons (Fsp3) is 0.300. The van der Waals surface area contributed by atoms with E-state index < -0.39 is 5.97 Å². The molecule has 0 bridgehead atoms. The Balaban J connectivity index is 3.06. The lowest BCUT2D eigenvalue weighted by molar-refractivity contribution is 0.0697. The summed E-state index contributed by atoms with van der Waals surface area (Å²) in [4.78, 5) is 10.7. The van der Waals surface area contributed by atoms with Gasteiger partial charge >= 0.3 is 5.97 Å². The van der Waals surface area contributed by atoms with E-state index in [4.69, 9.17) is 16.7 Å².